The predicted octanol–water partition coefficient (Wildman–Crippen LogP) is 5.98. The standard InChI is InChI=1S/C25H51FO3S.K.H/c1-3-5-7-9-11-13-14-15-16-18-20-22-24-29-30(27,28)25(26)23-21-19-17-12-10-8-6-4-2;;/h25H,3-24H2,1-2H3;;/q;+1;-1. The van der Waals surface area contributed by atoms with Gasteiger partial charge in [-0.3, -0.25) is 4.18 Å². The molecule has 31 heavy (non-hydrogen) atoms. The molecule has 184 valence electrons. The first-order valence-corrected chi connectivity index (χ1v) is 14.5. The third-order valence-electron chi connectivity index (χ3n) is 5.84. The summed E-state index contributed by atoms with van der Waals surface area (Å²) in [5, 5.41) is 0. The number of hydrogen-bond acceptors (Lipinski definition) is 3. The molecule has 0 N–H and O–H groups in total. The van der Waals surface area contributed by atoms with Gasteiger partial charge >= 0.3 is 51.4 Å². The summed E-state index contributed by atoms with van der Waals surface area (Å²) in [7, 11) is -4.05. The Morgan fingerprint density at radius 2 is 0.935 bits per heavy atom. The predicted molar refractivity (Wildman–Crippen MR) is 129 cm³/mol. The molecule has 0 aliphatic heterocycles. The van der Waals surface area contributed by atoms with Crippen molar-refractivity contribution in [2.24, 2.45) is 0 Å². The Kier molecular flexibility index (Phi) is 29.2. The average molecular weight is 491 g/mol. The van der Waals surface area contributed by atoms with E-state index in [0.717, 1.165) is 25.7 Å². The van der Waals surface area contributed by atoms with E-state index >= 15 is 0 Å². The second-order valence-electron chi connectivity index (χ2n) is 8.88. The molecule has 0 aromatic heterocycles. The molecule has 3 nitrogen and oxygen atoms in total. The zero-order valence-electron chi connectivity index (χ0n) is 22.1. The fourth-order valence-corrected chi connectivity index (χ4v) is 4.73. The van der Waals surface area contributed by atoms with Crippen LogP contribution in [0.1, 0.15) is 150 Å². The van der Waals surface area contributed by atoms with Crippen LogP contribution in [0, 0.1) is 0 Å². The molecule has 1 atom stereocenters. The van der Waals surface area contributed by atoms with Crippen molar-refractivity contribution < 1.29 is 69.8 Å². The maximum atomic E-state index is 14.0. The van der Waals surface area contributed by atoms with E-state index in [1.807, 2.05) is 0 Å². The zero-order valence-corrected chi connectivity index (χ0v) is 25.1. The summed E-state index contributed by atoms with van der Waals surface area (Å²) in [5.74, 6) is 0. The van der Waals surface area contributed by atoms with E-state index in [1.54, 1.807) is 0 Å². The second-order valence-corrected chi connectivity index (χ2v) is 10.6. The molecule has 0 saturated heterocycles. The SMILES string of the molecule is CCCCCCCCCCCCCCOS(=O)(=O)C(F)CCCCCCCCCC.[H-].[K+]. The fourth-order valence-electron chi connectivity index (χ4n) is 3.78. The summed E-state index contributed by atoms with van der Waals surface area (Å²) in [6.07, 6.45) is 23.5. The zero-order chi connectivity index (χ0) is 22.3. The number of hydrogen-bond donors (Lipinski definition) is 0. The monoisotopic (exact) mass is 490 g/mol. The summed E-state index contributed by atoms with van der Waals surface area (Å²) in [4.78, 5) is 0. The average Bonchev–Trinajstić information content (AvgIpc) is 2.73. The molecule has 0 rings (SSSR count). The minimum atomic E-state index is -4.05. The van der Waals surface area contributed by atoms with Gasteiger partial charge in [0.15, 0.2) is 0 Å². The molecule has 1 unspecified atom stereocenters. The Balaban J connectivity index is -0.00000420. The van der Waals surface area contributed by atoms with E-state index in [1.165, 1.54) is 89.9 Å². The third kappa shape index (κ3) is 24.4. The topological polar surface area (TPSA) is 43.4 Å². The van der Waals surface area contributed by atoms with Crippen LogP contribution in [-0.4, -0.2) is 20.5 Å². The summed E-state index contributed by atoms with van der Waals surface area (Å²) < 4.78 is 42.6. The number of alkyl halides is 1. The van der Waals surface area contributed by atoms with Crippen molar-refractivity contribution in [2.75, 3.05) is 6.61 Å². The van der Waals surface area contributed by atoms with Crippen LogP contribution in [0.25, 0.3) is 0 Å². The molecule has 0 aliphatic carbocycles. The molecule has 0 aliphatic rings. The van der Waals surface area contributed by atoms with E-state index in [2.05, 4.69) is 13.8 Å². The second kappa shape index (κ2) is 26.1. The Hall–Kier alpha value is 1.48. The number of halogens is 1. The van der Waals surface area contributed by atoms with Crippen molar-refractivity contribution in [1.29, 1.82) is 0 Å². The Morgan fingerprint density at radius 3 is 1.32 bits per heavy atom. The first-order valence-electron chi connectivity index (χ1n) is 13.1. The van der Waals surface area contributed by atoms with Gasteiger partial charge in [-0.25, -0.2) is 4.39 Å². The van der Waals surface area contributed by atoms with E-state index < -0.39 is 15.6 Å². The molecule has 0 bridgehead atoms. The van der Waals surface area contributed by atoms with Gasteiger partial charge < -0.3 is 1.43 Å². The van der Waals surface area contributed by atoms with Crippen molar-refractivity contribution in [3.05, 3.63) is 0 Å². The van der Waals surface area contributed by atoms with Gasteiger partial charge in [0, 0.05) is 0 Å². The van der Waals surface area contributed by atoms with Crippen LogP contribution in [0.4, 0.5) is 4.39 Å². The van der Waals surface area contributed by atoms with Gasteiger partial charge in [0.2, 0.25) is 5.50 Å². The molecule has 0 aromatic carbocycles. The first kappa shape index (κ1) is 34.6. The van der Waals surface area contributed by atoms with Gasteiger partial charge in [-0.15, -0.1) is 0 Å². The molecular weight excluding hydrogens is 438 g/mol. The van der Waals surface area contributed by atoms with Crippen LogP contribution in [0.15, 0.2) is 0 Å². The van der Waals surface area contributed by atoms with E-state index in [4.69, 9.17) is 4.18 Å². The van der Waals surface area contributed by atoms with Gasteiger partial charge in [-0.2, -0.15) is 8.42 Å². The van der Waals surface area contributed by atoms with Gasteiger partial charge in [-0.1, -0.05) is 129 Å². The summed E-state index contributed by atoms with van der Waals surface area (Å²) >= 11 is 0. The van der Waals surface area contributed by atoms with Gasteiger partial charge in [0.05, 0.1) is 6.61 Å². The fraction of sp³-hybridized carbons (Fsp3) is 1.00. The Morgan fingerprint density at radius 1 is 0.613 bits per heavy atom. The summed E-state index contributed by atoms with van der Waals surface area (Å²) in [5.41, 5.74) is -1.87. The Labute approximate surface area is 238 Å². The van der Waals surface area contributed by atoms with Crippen molar-refractivity contribution in [3.63, 3.8) is 0 Å². The molecule has 0 heterocycles. The largest absolute Gasteiger partial charge is 1.00 e. The van der Waals surface area contributed by atoms with E-state index in [0.29, 0.717) is 12.8 Å². The molecule has 0 spiro atoms. The van der Waals surface area contributed by atoms with Gasteiger partial charge in [-0.05, 0) is 19.3 Å². The molecule has 0 radical (unpaired) electrons. The van der Waals surface area contributed by atoms with E-state index in [-0.39, 0.29) is 65.8 Å². The van der Waals surface area contributed by atoms with Crippen molar-refractivity contribution >= 4 is 10.1 Å². The van der Waals surface area contributed by atoms with Crippen LogP contribution in [0.3, 0.4) is 0 Å². The minimum absolute atomic E-state index is 0. The first-order chi connectivity index (χ1) is 14.5. The molecule has 0 amide bonds. The van der Waals surface area contributed by atoms with E-state index in [9.17, 15) is 12.8 Å². The quantitative estimate of drug-likeness (QED) is 0.0950. The van der Waals surface area contributed by atoms with Gasteiger partial charge in [0.25, 0.3) is 10.1 Å². The maximum absolute atomic E-state index is 14.0. The number of rotatable bonds is 24. The van der Waals surface area contributed by atoms with Crippen LogP contribution < -0.4 is 51.4 Å². The third-order valence-corrected chi connectivity index (χ3v) is 7.20. The molecule has 6 heteroatoms. The molecule has 0 aromatic rings. The van der Waals surface area contributed by atoms with Crippen LogP contribution >= 0.6 is 0 Å². The van der Waals surface area contributed by atoms with Crippen LogP contribution in [0.5, 0.6) is 0 Å². The molecule has 0 saturated carbocycles. The molecule has 0 fully saturated rings. The summed E-state index contributed by atoms with van der Waals surface area (Å²) in [6, 6.07) is 0. The van der Waals surface area contributed by atoms with Crippen molar-refractivity contribution in [3.8, 4) is 0 Å². The minimum Gasteiger partial charge on any atom is -1.00 e. The maximum Gasteiger partial charge on any atom is 1.00 e. The normalized spacial score (nSPS) is 12.6. The van der Waals surface area contributed by atoms with Crippen molar-refractivity contribution in [2.45, 2.75) is 154 Å². The van der Waals surface area contributed by atoms with Crippen molar-refractivity contribution in [1.82, 2.24) is 0 Å². The van der Waals surface area contributed by atoms with Gasteiger partial charge in [0.1, 0.15) is 0 Å². The smallest absolute Gasteiger partial charge is 1.00 e. The Bertz CT molecular complexity index is 452. The van der Waals surface area contributed by atoms with Crippen LogP contribution in [0.2, 0.25) is 0 Å². The molecular formula is C25H52FKO3S. The van der Waals surface area contributed by atoms with Crippen LogP contribution in [-0.2, 0) is 14.3 Å². The number of unbranched alkanes of at least 4 members (excludes halogenated alkanes) is 18. The summed E-state index contributed by atoms with van der Waals surface area (Å²) in [6.45, 7) is 4.56.